The molecule has 3 aromatic heterocycles. The Labute approximate surface area is 357 Å². The first-order valence-corrected chi connectivity index (χ1v) is 21.4. The molecule has 10 aromatic carbocycles. The summed E-state index contributed by atoms with van der Waals surface area (Å²) < 4.78 is 4.82. The van der Waals surface area contributed by atoms with Crippen LogP contribution in [0.5, 0.6) is 0 Å². The maximum Gasteiger partial charge on any atom is 0.0781 e. The molecule has 13 aromatic rings. The van der Waals surface area contributed by atoms with E-state index in [9.17, 15) is 0 Å². The van der Waals surface area contributed by atoms with E-state index in [4.69, 9.17) is 4.98 Å². The van der Waals surface area contributed by atoms with E-state index in [2.05, 4.69) is 222 Å². The topological polar surface area (TPSA) is 22.8 Å². The van der Waals surface area contributed by atoms with Crippen LogP contribution in [0.4, 0.5) is 0 Å². The van der Waals surface area contributed by atoms with E-state index in [1.54, 1.807) is 0 Å². The lowest BCUT2D eigenvalue weighted by molar-refractivity contribution is 1.18. The number of pyridine rings is 1. The van der Waals surface area contributed by atoms with Crippen molar-refractivity contribution in [3.05, 3.63) is 212 Å². The van der Waals surface area contributed by atoms with Crippen LogP contribution in [0.2, 0.25) is 0 Å². The van der Waals surface area contributed by atoms with Crippen LogP contribution < -0.4 is 0 Å². The number of hydrogen-bond donors (Lipinski definition) is 0. The predicted molar refractivity (Wildman–Crippen MR) is 261 cm³/mol. The van der Waals surface area contributed by atoms with E-state index in [1.165, 1.54) is 115 Å². The fourth-order valence-electron chi connectivity index (χ4n) is 10.6. The second-order valence-electron chi connectivity index (χ2n) is 16.7. The molecule has 1 aliphatic carbocycles. The minimum Gasteiger partial charge on any atom is -0.309 e. The highest BCUT2D eigenvalue weighted by Gasteiger charge is 2.24. The van der Waals surface area contributed by atoms with Crippen LogP contribution in [0.15, 0.2) is 212 Å². The summed E-state index contributed by atoms with van der Waals surface area (Å²) in [6.07, 6.45) is 2.07. The first-order chi connectivity index (χ1) is 30.7. The molecule has 286 valence electrons. The third-order valence-corrected chi connectivity index (χ3v) is 13.4. The average molecular weight is 786 g/mol. The number of fused-ring (bicyclic) bond motifs is 11. The molecule has 0 N–H and O–H groups in total. The summed E-state index contributed by atoms with van der Waals surface area (Å²) in [6, 6.07) is 75.8. The van der Waals surface area contributed by atoms with Crippen molar-refractivity contribution < 1.29 is 0 Å². The Bertz CT molecular complexity index is 4010. The van der Waals surface area contributed by atoms with Gasteiger partial charge in [-0.25, -0.2) is 0 Å². The highest BCUT2D eigenvalue weighted by molar-refractivity contribution is 6.19. The molecule has 0 aliphatic heterocycles. The fourth-order valence-corrected chi connectivity index (χ4v) is 10.6. The van der Waals surface area contributed by atoms with Gasteiger partial charge in [0.2, 0.25) is 0 Å². The lowest BCUT2D eigenvalue weighted by Crippen LogP contribution is -1.95. The first-order valence-electron chi connectivity index (χ1n) is 21.4. The molecular weight excluding hydrogens is 751 g/mol. The monoisotopic (exact) mass is 785 g/mol. The first kappa shape index (κ1) is 33.5. The van der Waals surface area contributed by atoms with Crippen LogP contribution >= 0.6 is 0 Å². The second-order valence-corrected chi connectivity index (χ2v) is 16.7. The molecular formula is C59H35N3. The largest absolute Gasteiger partial charge is 0.309 e. The van der Waals surface area contributed by atoms with Crippen LogP contribution in [0.1, 0.15) is 0 Å². The zero-order valence-electron chi connectivity index (χ0n) is 33.5. The molecule has 0 atom stereocenters. The van der Waals surface area contributed by atoms with Gasteiger partial charge in [-0.2, -0.15) is 0 Å². The molecule has 3 heterocycles. The number of aromatic nitrogens is 3. The van der Waals surface area contributed by atoms with Crippen molar-refractivity contribution in [2.75, 3.05) is 0 Å². The van der Waals surface area contributed by atoms with E-state index < -0.39 is 0 Å². The Hall–Kier alpha value is -8.27. The van der Waals surface area contributed by atoms with Crippen molar-refractivity contribution in [1.29, 1.82) is 0 Å². The summed E-state index contributed by atoms with van der Waals surface area (Å²) in [6.45, 7) is 0. The second kappa shape index (κ2) is 12.6. The fraction of sp³-hybridized carbons (Fsp3) is 0. The summed E-state index contributed by atoms with van der Waals surface area (Å²) in [7, 11) is 0. The van der Waals surface area contributed by atoms with Gasteiger partial charge in [0.05, 0.1) is 27.8 Å². The number of rotatable bonds is 4. The Balaban J connectivity index is 0.889. The summed E-state index contributed by atoms with van der Waals surface area (Å²) >= 11 is 0. The van der Waals surface area contributed by atoms with Crippen LogP contribution in [0.3, 0.4) is 0 Å². The Morgan fingerprint density at radius 2 is 0.823 bits per heavy atom. The number of benzene rings is 10. The smallest absolute Gasteiger partial charge is 0.0781 e. The van der Waals surface area contributed by atoms with Gasteiger partial charge in [-0.3, -0.25) is 4.98 Å². The highest BCUT2D eigenvalue weighted by atomic mass is 15.0. The van der Waals surface area contributed by atoms with Gasteiger partial charge >= 0.3 is 0 Å². The van der Waals surface area contributed by atoms with Gasteiger partial charge in [-0.1, -0.05) is 133 Å². The van der Waals surface area contributed by atoms with Crippen LogP contribution in [0, 0.1) is 0 Å². The van der Waals surface area contributed by atoms with Crippen molar-refractivity contribution in [3.8, 4) is 56.0 Å². The molecule has 0 unspecified atom stereocenters. The molecule has 0 radical (unpaired) electrons. The predicted octanol–water partition coefficient (Wildman–Crippen LogP) is 15.7. The molecule has 0 amide bonds. The van der Waals surface area contributed by atoms with Crippen LogP contribution in [0.25, 0.3) is 132 Å². The molecule has 0 spiro atoms. The van der Waals surface area contributed by atoms with E-state index in [0.29, 0.717) is 0 Å². The van der Waals surface area contributed by atoms with Crippen molar-refractivity contribution in [1.82, 2.24) is 14.1 Å². The van der Waals surface area contributed by atoms with E-state index in [1.807, 2.05) is 0 Å². The van der Waals surface area contributed by atoms with E-state index in [-0.39, 0.29) is 0 Å². The third-order valence-electron chi connectivity index (χ3n) is 13.4. The third kappa shape index (κ3) is 4.73. The molecule has 0 saturated heterocycles. The molecule has 14 rings (SSSR count). The minimum atomic E-state index is 1.01. The standard InChI is InChI=1S/C59H35N3/c1-2-13-43(14-3-1)61-54-22-8-6-18-47(54)51-31-41-28-36(24-26-38(41)33-56(51)61)37-25-27-39-34-57-52(32-42(39)29-37)48-19-7-9-23-55(48)62(57)44-15-10-12-40(30-44)59-50-21-11-20-49-45-16-4-5-17-46(45)53(35-60-59)58(49)50/h1-35H. The van der Waals surface area contributed by atoms with Crippen molar-refractivity contribution in [2.24, 2.45) is 0 Å². The maximum atomic E-state index is 5.15. The SMILES string of the molecule is c1ccc(-n2c3ccccc3c3cc4cc(-c5ccc6cc7c(cc6c5)c5ccccc5n7-c5cccc(-c6ncc7c8c(cccc68)-c6ccccc6-7)c5)ccc4cc32)cc1. The molecule has 3 nitrogen and oxygen atoms in total. The van der Waals surface area contributed by atoms with Gasteiger partial charge < -0.3 is 9.13 Å². The zero-order chi connectivity index (χ0) is 40.5. The number of para-hydroxylation sites is 3. The van der Waals surface area contributed by atoms with Gasteiger partial charge in [-0.05, 0) is 122 Å². The van der Waals surface area contributed by atoms with Gasteiger partial charge in [-0.15, -0.1) is 0 Å². The highest BCUT2D eigenvalue weighted by Crippen LogP contribution is 2.49. The molecule has 3 heteroatoms. The van der Waals surface area contributed by atoms with Crippen LogP contribution in [-0.4, -0.2) is 14.1 Å². The quantitative estimate of drug-likeness (QED) is 0.174. The Kier molecular flexibility index (Phi) is 6.83. The van der Waals surface area contributed by atoms with Crippen molar-refractivity contribution in [3.63, 3.8) is 0 Å². The summed E-state index contributed by atoms with van der Waals surface area (Å²) in [4.78, 5) is 5.15. The summed E-state index contributed by atoms with van der Waals surface area (Å²) in [5, 5.41) is 12.4. The Morgan fingerprint density at radius 3 is 1.50 bits per heavy atom. The van der Waals surface area contributed by atoms with Gasteiger partial charge in [0.25, 0.3) is 0 Å². The normalized spacial score (nSPS) is 12.2. The number of nitrogens with zero attached hydrogens (tertiary/aromatic N) is 3. The summed E-state index contributed by atoms with van der Waals surface area (Å²) in [5.41, 5.74) is 16.7. The Morgan fingerprint density at radius 1 is 0.290 bits per heavy atom. The van der Waals surface area contributed by atoms with Crippen LogP contribution in [-0.2, 0) is 0 Å². The molecule has 62 heavy (non-hydrogen) atoms. The van der Waals surface area contributed by atoms with Gasteiger partial charge in [0, 0.05) is 61.0 Å². The van der Waals surface area contributed by atoms with E-state index in [0.717, 1.165) is 16.9 Å². The minimum absolute atomic E-state index is 1.01. The molecule has 1 aliphatic rings. The van der Waals surface area contributed by atoms with Crippen molar-refractivity contribution >= 4 is 75.9 Å². The van der Waals surface area contributed by atoms with Crippen molar-refractivity contribution in [2.45, 2.75) is 0 Å². The molecule has 0 saturated carbocycles. The molecule has 0 fully saturated rings. The van der Waals surface area contributed by atoms with Gasteiger partial charge in [0.15, 0.2) is 0 Å². The van der Waals surface area contributed by atoms with Gasteiger partial charge in [0.1, 0.15) is 0 Å². The molecule has 0 bridgehead atoms. The lowest BCUT2D eigenvalue weighted by atomic mass is 9.97. The zero-order valence-corrected chi connectivity index (χ0v) is 33.5. The maximum absolute atomic E-state index is 5.15. The number of hydrogen-bond acceptors (Lipinski definition) is 1. The average Bonchev–Trinajstić information content (AvgIpc) is 3.96. The lowest BCUT2D eigenvalue weighted by Gasteiger charge is -2.13. The summed E-state index contributed by atoms with van der Waals surface area (Å²) in [5.74, 6) is 0. The van der Waals surface area contributed by atoms with E-state index >= 15 is 0 Å².